The number of carbonyl (C=O) groups is 1. The van der Waals surface area contributed by atoms with Crippen molar-refractivity contribution in [2.45, 2.75) is 25.8 Å². The average Bonchev–Trinajstić information content (AvgIpc) is 2.93. The second-order valence-corrected chi connectivity index (χ2v) is 9.14. The van der Waals surface area contributed by atoms with E-state index in [1.54, 1.807) is 7.11 Å². The number of aromatic nitrogens is 1. The van der Waals surface area contributed by atoms with Gasteiger partial charge in [0.2, 0.25) is 5.88 Å². The Labute approximate surface area is 211 Å². The predicted octanol–water partition coefficient (Wildman–Crippen LogP) is 4.39. The molecule has 0 bridgehead atoms. The van der Waals surface area contributed by atoms with Gasteiger partial charge in [0, 0.05) is 22.9 Å². The van der Waals surface area contributed by atoms with E-state index < -0.39 is 0 Å². The van der Waals surface area contributed by atoms with Crippen molar-refractivity contribution < 1.29 is 19.0 Å². The highest BCUT2D eigenvalue weighted by molar-refractivity contribution is 5.94. The molecule has 1 amide bonds. The fourth-order valence-corrected chi connectivity index (χ4v) is 4.73. The third-order valence-electron chi connectivity index (χ3n) is 6.77. The average molecular weight is 489 g/mol. The largest absolute Gasteiger partial charge is 0.486 e. The molecule has 36 heavy (non-hydrogen) atoms. The van der Waals surface area contributed by atoms with E-state index in [1.165, 1.54) is 0 Å². The number of amides is 1. The number of hydrogen-bond donors (Lipinski definition) is 3. The molecule has 2 aromatic carbocycles. The molecule has 5 rings (SSSR count). The zero-order chi connectivity index (χ0) is 24.9. The Morgan fingerprint density at radius 3 is 2.61 bits per heavy atom. The van der Waals surface area contributed by atoms with Gasteiger partial charge < -0.3 is 30.2 Å². The number of rotatable bonds is 7. The van der Waals surface area contributed by atoms with Gasteiger partial charge in [0.15, 0.2) is 11.5 Å². The maximum atomic E-state index is 12.7. The number of hydrogen-bond acceptors (Lipinski definition) is 7. The first-order valence-electron chi connectivity index (χ1n) is 12.4. The number of anilines is 2. The van der Waals surface area contributed by atoms with Crippen molar-refractivity contribution in [1.82, 2.24) is 15.6 Å². The molecule has 0 aliphatic carbocycles. The minimum absolute atomic E-state index is 0.0476. The molecule has 0 radical (unpaired) electrons. The van der Waals surface area contributed by atoms with E-state index in [2.05, 4.69) is 22.9 Å². The molecule has 8 heteroatoms. The first kappa shape index (κ1) is 23.9. The summed E-state index contributed by atoms with van der Waals surface area (Å²) in [5.41, 5.74) is 3.78. The smallest absolute Gasteiger partial charge is 0.251 e. The van der Waals surface area contributed by atoms with Gasteiger partial charge in [-0.25, -0.2) is 4.98 Å². The van der Waals surface area contributed by atoms with Crippen molar-refractivity contribution in [3.63, 3.8) is 0 Å². The summed E-state index contributed by atoms with van der Waals surface area (Å²) in [5.74, 6) is 2.34. The summed E-state index contributed by atoms with van der Waals surface area (Å²) in [7, 11) is 1.59. The van der Waals surface area contributed by atoms with Crippen LogP contribution >= 0.6 is 0 Å². The Bertz CT molecular complexity index is 1210. The first-order valence-corrected chi connectivity index (χ1v) is 12.4. The Kier molecular flexibility index (Phi) is 7.23. The van der Waals surface area contributed by atoms with Gasteiger partial charge in [-0.05, 0) is 87.3 Å². The quantitative estimate of drug-likeness (QED) is 0.454. The summed E-state index contributed by atoms with van der Waals surface area (Å²) < 4.78 is 17.1. The Balaban J connectivity index is 1.27. The summed E-state index contributed by atoms with van der Waals surface area (Å²) in [5, 5.41) is 9.87. The third kappa shape index (κ3) is 5.23. The number of ether oxygens (including phenoxy) is 3. The Hall–Kier alpha value is -3.78. The predicted molar refractivity (Wildman–Crippen MR) is 139 cm³/mol. The second kappa shape index (κ2) is 10.9. The molecule has 1 unspecified atom stereocenters. The standard InChI is InChI=1S/C28H32N4O4/c1-18(19-12-14-29-15-13-19)30-27(33)20-6-8-21(9-7-20)31-24-11-10-23(32-28(24)34-2)22-4-3-5-25-26(22)36-17-16-35-25/h3-11,18-19,29,31H,12-17H2,1-2H3,(H,30,33). The number of benzene rings is 2. The van der Waals surface area contributed by atoms with Crippen LogP contribution in [0.1, 0.15) is 30.1 Å². The van der Waals surface area contributed by atoms with Crippen molar-refractivity contribution in [3.05, 3.63) is 60.2 Å². The number of nitrogens with zero attached hydrogens (tertiary/aromatic N) is 1. The van der Waals surface area contributed by atoms with Gasteiger partial charge in [0.25, 0.3) is 5.91 Å². The van der Waals surface area contributed by atoms with Crippen LogP contribution in [0.4, 0.5) is 11.4 Å². The van der Waals surface area contributed by atoms with Crippen LogP contribution in [0, 0.1) is 5.92 Å². The number of nitrogens with one attached hydrogen (secondary N) is 3. The van der Waals surface area contributed by atoms with Crippen molar-refractivity contribution in [1.29, 1.82) is 0 Å². The van der Waals surface area contributed by atoms with Crippen LogP contribution in [0.3, 0.4) is 0 Å². The number of carbonyl (C=O) groups excluding carboxylic acids is 1. The van der Waals surface area contributed by atoms with Gasteiger partial charge in [-0.3, -0.25) is 4.79 Å². The van der Waals surface area contributed by atoms with E-state index in [4.69, 9.17) is 19.2 Å². The van der Waals surface area contributed by atoms with Crippen LogP contribution in [0.2, 0.25) is 0 Å². The van der Waals surface area contributed by atoms with Gasteiger partial charge in [-0.1, -0.05) is 6.07 Å². The molecule has 1 atom stereocenters. The van der Waals surface area contributed by atoms with Crippen LogP contribution in [0.25, 0.3) is 11.3 Å². The van der Waals surface area contributed by atoms with Crippen LogP contribution in [-0.2, 0) is 0 Å². The molecule has 0 saturated carbocycles. The highest BCUT2D eigenvalue weighted by Crippen LogP contribution is 2.40. The molecule has 1 aromatic heterocycles. The highest BCUT2D eigenvalue weighted by atomic mass is 16.6. The van der Waals surface area contributed by atoms with Crippen LogP contribution in [-0.4, -0.2) is 50.3 Å². The van der Waals surface area contributed by atoms with Gasteiger partial charge in [-0.2, -0.15) is 0 Å². The summed E-state index contributed by atoms with van der Waals surface area (Å²) in [6.07, 6.45) is 2.18. The van der Waals surface area contributed by atoms with Crippen LogP contribution in [0.5, 0.6) is 17.4 Å². The molecule has 3 aromatic rings. The third-order valence-corrected chi connectivity index (χ3v) is 6.77. The molecule has 1 saturated heterocycles. The molecule has 3 heterocycles. The molecular formula is C28H32N4O4. The second-order valence-electron chi connectivity index (χ2n) is 9.14. The minimum Gasteiger partial charge on any atom is -0.486 e. The number of fused-ring (bicyclic) bond motifs is 1. The Morgan fingerprint density at radius 2 is 1.83 bits per heavy atom. The lowest BCUT2D eigenvalue weighted by Gasteiger charge is -2.28. The van der Waals surface area contributed by atoms with Crippen molar-refractivity contribution in [3.8, 4) is 28.6 Å². The topological polar surface area (TPSA) is 93.7 Å². The monoisotopic (exact) mass is 488 g/mol. The van der Waals surface area contributed by atoms with E-state index in [0.717, 1.165) is 54.3 Å². The van der Waals surface area contributed by atoms with E-state index in [-0.39, 0.29) is 11.9 Å². The molecular weight excluding hydrogens is 456 g/mol. The number of para-hydroxylation sites is 1. The first-order chi connectivity index (χ1) is 17.6. The van der Waals surface area contributed by atoms with Crippen molar-refractivity contribution in [2.24, 2.45) is 5.92 Å². The van der Waals surface area contributed by atoms with Crippen LogP contribution < -0.4 is 30.2 Å². The summed E-state index contributed by atoms with van der Waals surface area (Å²) in [6, 6.07) is 17.2. The molecule has 3 N–H and O–H groups in total. The summed E-state index contributed by atoms with van der Waals surface area (Å²) in [6.45, 7) is 5.16. The number of piperidine rings is 1. The van der Waals surface area contributed by atoms with Crippen molar-refractivity contribution in [2.75, 3.05) is 38.7 Å². The molecule has 1 fully saturated rings. The SMILES string of the molecule is COc1nc(-c2cccc3c2OCCO3)ccc1Nc1ccc(C(=O)NC(C)C2CCNCC2)cc1. The lowest BCUT2D eigenvalue weighted by Crippen LogP contribution is -2.42. The normalized spacial score (nSPS) is 16.2. The van der Waals surface area contributed by atoms with Crippen molar-refractivity contribution >= 4 is 17.3 Å². The van der Waals surface area contributed by atoms with Gasteiger partial charge in [0.1, 0.15) is 18.9 Å². The fraction of sp³-hybridized carbons (Fsp3) is 0.357. The number of pyridine rings is 1. The zero-order valence-corrected chi connectivity index (χ0v) is 20.7. The maximum absolute atomic E-state index is 12.7. The molecule has 8 nitrogen and oxygen atoms in total. The molecule has 0 spiro atoms. The van der Waals surface area contributed by atoms with E-state index in [1.807, 2.05) is 54.6 Å². The van der Waals surface area contributed by atoms with E-state index in [0.29, 0.717) is 36.3 Å². The maximum Gasteiger partial charge on any atom is 0.251 e. The highest BCUT2D eigenvalue weighted by Gasteiger charge is 2.22. The van der Waals surface area contributed by atoms with E-state index >= 15 is 0 Å². The molecule has 2 aliphatic rings. The summed E-state index contributed by atoms with van der Waals surface area (Å²) >= 11 is 0. The lowest BCUT2D eigenvalue weighted by molar-refractivity contribution is 0.0920. The van der Waals surface area contributed by atoms with Gasteiger partial charge >= 0.3 is 0 Å². The molecule has 2 aliphatic heterocycles. The van der Waals surface area contributed by atoms with Gasteiger partial charge in [0.05, 0.1) is 12.8 Å². The zero-order valence-electron chi connectivity index (χ0n) is 20.7. The molecule has 188 valence electrons. The fourth-order valence-electron chi connectivity index (χ4n) is 4.73. The summed E-state index contributed by atoms with van der Waals surface area (Å²) in [4.78, 5) is 17.4. The minimum atomic E-state index is -0.0476. The lowest BCUT2D eigenvalue weighted by atomic mass is 9.91. The van der Waals surface area contributed by atoms with Crippen LogP contribution in [0.15, 0.2) is 54.6 Å². The number of methoxy groups -OCH3 is 1. The Morgan fingerprint density at radius 1 is 1.06 bits per heavy atom. The van der Waals surface area contributed by atoms with Gasteiger partial charge in [-0.15, -0.1) is 0 Å². The van der Waals surface area contributed by atoms with E-state index in [9.17, 15) is 4.79 Å².